The SMILES string of the molecule is CCc1ccccc1NC(=O)C[NH+]1CCN(C(=S)NC)CC1. The van der Waals surface area contributed by atoms with Gasteiger partial charge in [-0.15, -0.1) is 0 Å². The molecule has 1 aromatic carbocycles. The van der Waals surface area contributed by atoms with Crippen molar-refractivity contribution in [2.45, 2.75) is 13.3 Å². The van der Waals surface area contributed by atoms with Gasteiger partial charge in [0.25, 0.3) is 5.91 Å². The molecule has 1 heterocycles. The minimum atomic E-state index is 0.0838. The smallest absolute Gasteiger partial charge is 0.279 e. The number of benzene rings is 1. The number of thiocarbonyl (C=S) groups is 1. The number of hydrogen-bond donors (Lipinski definition) is 3. The van der Waals surface area contributed by atoms with Gasteiger partial charge >= 0.3 is 0 Å². The maximum absolute atomic E-state index is 12.2. The van der Waals surface area contributed by atoms with E-state index in [2.05, 4.69) is 28.5 Å². The van der Waals surface area contributed by atoms with Crippen LogP contribution in [0.5, 0.6) is 0 Å². The number of hydrogen-bond acceptors (Lipinski definition) is 2. The second-order valence-electron chi connectivity index (χ2n) is 5.53. The Labute approximate surface area is 137 Å². The van der Waals surface area contributed by atoms with Gasteiger partial charge in [0.05, 0.1) is 26.2 Å². The van der Waals surface area contributed by atoms with Crippen LogP contribution in [0.4, 0.5) is 5.69 Å². The number of para-hydroxylation sites is 1. The first kappa shape index (κ1) is 16.7. The fraction of sp³-hybridized carbons (Fsp3) is 0.500. The Morgan fingerprint density at radius 3 is 2.64 bits per heavy atom. The van der Waals surface area contributed by atoms with Crippen LogP contribution >= 0.6 is 12.2 Å². The van der Waals surface area contributed by atoms with Gasteiger partial charge in [0.15, 0.2) is 11.7 Å². The summed E-state index contributed by atoms with van der Waals surface area (Å²) in [5.41, 5.74) is 2.11. The largest absolute Gasteiger partial charge is 0.366 e. The summed E-state index contributed by atoms with van der Waals surface area (Å²) in [6.45, 7) is 6.27. The first-order chi connectivity index (χ1) is 10.6. The van der Waals surface area contributed by atoms with Crippen molar-refractivity contribution in [3.05, 3.63) is 29.8 Å². The third kappa shape index (κ3) is 4.42. The average molecular weight is 321 g/mol. The topological polar surface area (TPSA) is 48.8 Å². The first-order valence-corrected chi connectivity index (χ1v) is 8.22. The highest BCUT2D eigenvalue weighted by Crippen LogP contribution is 2.14. The maximum atomic E-state index is 12.2. The van der Waals surface area contributed by atoms with E-state index in [9.17, 15) is 4.79 Å². The molecule has 0 radical (unpaired) electrons. The number of nitrogens with one attached hydrogen (secondary N) is 3. The van der Waals surface area contributed by atoms with Crippen LogP contribution in [-0.4, -0.2) is 55.7 Å². The van der Waals surface area contributed by atoms with Crippen molar-refractivity contribution in [2.75, 3.05) is 45.1 Å². The molecule has 3 N–H and O–H groups in total. The van der Waals surface area contributed by atoms with Crippen molar-refractivity contribution in [3.63, 3.8) is 0 Å². The number of carbonyl (C=O) groups is 1. The molecule has 1 saturated heterocycles. The van der Waals surface area contributed by atoms with Crippen molar-refractivity contribution >= 4 is 28.9 Å². The first-order valence-electron chi connectivity index (χ1n) is 7.82. The Morgan fingerprint density at radius 2 is 2.00 bits per heavy atom. The number of quaternary nitrogens is 1. The van der Waals surface area contributed by atoms with Crippen LogP contribution in [0.1, 0.15) is 12.5 Å². The average Bonchev–Trinajstić information content (AvgIpc) is 2.55. The van der Waals surface area contributed by atoms with Gasteiger partial charge in [0, 0.05) is 12.7 Å². The number of anilines is 1. The predicted molar refractivity (Wildman–Crippen MR) is 93.2 cm³/mol. The molecule has 0 aromatic heterocycles. The summed E-state index contributed by atoms with van der Waals surface area (Å²) < 4.78 is 0. The van der Waals surface area contributed by atoms with Gasteiger partial charge in [-0.25, -0.2) is 0 Å². The predicted octanol–water partition coefficient (Wildman–Crippen LogP) is -0.108. The zero-order chi connectivity index (χ0) is 15.9. The molecule has 2 rings (SSSR count). The van der Waals surface area contributed by atoms with Crippen LogP contribution in [0.15, 0.2) is 24.3 Å². The van der Waals surface area contributed by atoms with Gasteiger partial charge < -0.3 is 20.4 Å². The Balaban J connectivity index is 1.82. The molecule has 1 aliphatic heterocycles. The maximum Gasteiger partial charge on any atom is 0.279 e. The zero-order valence-electron chi connectivity index (χ0n) is 13.3. The van der Waals surface area contributed by atoms with Gasteiger partial charge in [-0.2, -0.15) is 0 Å². The van der Waals surface area contributed by atoms with E-state index in [0.29, 0.717) is 6.54 Å². The highest BCUT2D eigenvalue weighted by molar-refractivity contribution is 7.80. The minimum absolute atomic E-state index is 0.0838. The summed E-state index contributed by atoms with van der Waals surface area (Å²) >= 11 is 5.24. The summed E-state index contributed by atoms with van der Waals surface area (Å²) in [6.07, 6.45) is 0.920. The second kappa shape index (κ2) is 8.10. The Hall–Kier alpha value is -1.66. The third-order valence-electron chi connectivity index (χ3n) is 4.05. The lowest BCUT2D eigenvalue weighted by Gasteiger charge is -2.33. The standard InChI is InChI=1S/C16H24N4OS/c1-3-13-6-4-5-7-14(13)18-15(21)12-19-8-10-20(11-9-19)16(22)17-2/h4-7H,3,8-12H2,1-2H3,(H,17,22)(H,18,21)/p+1. The molecule has 0 unspecified atom stereocenters. The number of piperazine rings is 1. The molecular formula is C16H25N4OS+. The van der Waals surface area contributed by atoms with E-state index in [4.69, 9.17) is 12.2 Å². The van der Waals surface area contributed by atoms with Crippen LogP contribution in [-0.2, 0) is 11.2 Å². The van der Waals surface area contributed by atoms with Crippen molar-refractivity contribution in [3.8, 4) is 0 Å². The molecule has 1 amide bonds. The van der Waals surface area contributed by atoms with Gasteiger partial charge in [-0.3, -0.25) is 4.79 Å². The minimum Gasteiger partial charge on any atom is -0.366 e. The Kier molecular flexibility index (Phi) is 6.15. The molecule has 1 aliphatic rings. The quantitative estimate of drug-likeness (QED) is 0.678. The second-order valence-corrected chi connectivity index (χ2v) is 5.91. The van der Waals surface area contributed by atoms with Gasteiger partial charge in [-0.1, -0.05) is 25.1 Å². The van der Waals surface area contributed by atoms with Crippen LogP contribution in [0.2, 0.25) is 0 Å². The lowest BCUT2D eigenvalue weighted by Crippen LogP contribution is -3.15. The molecule has 0 bridgehead atoms. The highest BCUT2D eigenvalue weighted by atomic mass is 32.1. The number of amides is 1. The normalized spacial score (nSPS) is 15.5. The Morgan fingerprint density at radius 1 is 1.32 bits per heavy atom. The van der Waals surface area contributed by atoms with Crippen LogP contribution < -0.4 is 15.5 Å². The molecule has 22 heavy (non-hydrogen) atoms. The van der Waals surface area contributed by atoms with Crippen molar-refractivity contribution in [1.29, 1.82) is 0 Å². The van der Waals surface area contributed by atoms with E-state index in [1.807, 2.05) is 25.2 Å². The number of aryl methyl sites for hydroxylation is 1. The fourth-order valence-electron chi connectivity index (χ4n) is 2.73. The van der Waals surface area contributed by atoms with Gasteiger partial charge in [-0.05, 0) is 30.3 Å². The number of carbonyl (C=O) groups excluding carboxylic acids is 1. The van der Waals surface area contributed by atoms with E-state index in [1.165, 1.54) is 10.5 Å². The van der Waals surface area contributed by atoms with E-state index in [0.717, 1.165) is 43.4 Å². The summed E-state index contributed by atoms with van der Waals surface area (Å²) in [5, 5.41) is 6.84. The molecule has 5 nitrogen and oxygen atoms in total. The summed E-state index contributed by atoms with van der Waals surface area (Å²) in [4.78, 5) is 15.7. The third-order valence-corrected chi connectivity index (χ3v) is 4.52. The molecule has 0 atom stereocenters. The molecule has 120 valence electrons. The Bertz CT molecular complexity index is 527. The lowest BCUT2D eigenvalue weighted by atomic mass is 10.1. The zero-order valence-corrected chi connectivity index (χ0v) is 14.1. The molecule has 6 heteroatoms. The van der Waals surface area contributed by atoms with Gasteiger partial charge in [0.1, 0.15) is 0 Å². The van der Waals surface area contributed by atoms with Crippen molar-refractivity contribution in [1.82, 2.24) is 10.2 Å². The lowest BCUT2D eigenvalue weighted by molar-refractivity contribution is -0.895. The van der Waals surface area contributed by atoms with Crippen LogP contribution in [0.3, 0.4) is 0 Å². The summed E-state index contributed by atoms with van der Waals surface area (Å²) in [5.74, 6) is 0.0838. The van der Waals surface area contributed by atoms with Crippen molar-refractivity contribution < 1.29 is 9.69 Å². The molecule has 0 spiro atoms. The van der Waals surface area contributed by atoms with E-state index < -0.39 is 0 Å². The number of rotatable bonds is 4. The molecule has 0 aliphatic carbocycles. The molecular weight excluding hydrogens is 296 g/mol. The monoisotopic (exact) mass is 321 g/mol. The molecule has 0 saturated carbocycles. The van der Waals surface area contributed by atoms with Crippen LogP contribution in [0.25, 0.3) is 0 Å². The highest BCUT2D eigenvalue weighted by Gasteiger charge is 2.23. The molecule has 1 aromatic rings. The summed E-state index contributed by atoms with van der Waals surface area (Å²) in [6, 6.07) is 7.98. The van der Waals surface area contributed by atoms with Crippen molar-refractivity contribution in [2.24, 2.45) is 0 Å². The fourth-order valence-corrected chi connectivity index (χ4v) is 2.92. The van der Waals surface area contributed by atoms with Crippen LogP contribution in [0, 0.1) is 0 Å². The molecule has 1 fully saturated rings. The van der Waals surface area contributed by atoms with E-state index >= 15 is 0 Å². The number of nitrogens with zero attached hydrogens (tertiary/aromatic N) is 1. The van der Waals surface area contributed by atoms with E-state index in [-0.39, 0.29) is 5.91 Å². The van der Waals surface area contributed by atoms with E-state index in [1.54, 1.807) is 0 Å². The van der Waals surface area contributed by atoms with Gasteiger partial charge in [0.2, 0.25) is 0 Å². The summed E-state index contributed by atoms with van der Waals surface area (Å²) in [7, 11) is 1.85.